The summed E-state index contributed by atoms with van der Waals surface area (Å²) in [5.41, 5.74) is 1.19. The van der Waals surface area contributed by atoms with E-state index in [1.54, 1.807) is 7.11 Å². The first-order valence-electron chi connectivity index (χ1n) is 11.3. The molecule has 0 unspecified atom stereocenters. The van der Waals surface area contributed by atoms with Gasteiger partial charge in [0.15, 0.2) is 5.96 Å². The van der Waals surface area contributed by atoms with Crippen LogP contribution in [0.1, 0.15) is 25.8 Å². The zero-order valence-corrected chi connectivity index (χ0v) is 22.1. The monoisotopic (exact) mass is 547 g/mol. The molecule has 1 aromatic rings. The fraction of sp³-hybridized carbons (Fsp3) is 0.727. The summed E-state index contributed by atoms with van der Waals surface area (Å²) in [6, 6.07) is 4.24. The van der Waals surface area contributed by atoms with Crippen LogP contribution in [0.5, 0.6) is 0 Å². The molecule has 2 heterocycles. The molecule has 2 rings (SSSR count). The fourth-order valence-corrected chi connectivity index (χ4v) is 3.49. The predicted molar refractivity (Wildman–Crippen MR) is 141 cm³/mol. The second-order valence-corrected chi connectivity index (χ2v) is 7.72. The predicted octanol–water partition coefficient (Wildman–Crippen LogP) is 1.86. The molecular weight excluding hydrogens is 505 g/mol. The summed E-state index contributed by atoms with van der Waals surface area (Å²) in [6.45, 7) is 14.9. The fourth-order valence-electron chi connectivity index (χ4n) is 3.49. The lowest BCUT2D eigenvalue weighted by Crippen LogP contribution is -2.46. The smallest absolute Gasteiger partial charge is 0.191 e. The van der Waals surface area contributed by atoms with Gasteiger partial charge in [0.25, 0.3) is 0 Å². The Labute approximate surface area is 205 Å². The van der Waals surface area contributed by atoms with Crippen molar-refractivity contribution in [2.24, 2.45) is 4.99 Å². The number of nitrogens with zero attached hydrogens (tertiary/aromatic N) is 5. The van der Waals surface area contributed by atoms with Crippen LogP contribution in [0.15, 0.2) is 23.3 Å². The number of likely N-dealkylation sites (N-methyl/N-ethyl adjacent to an activating group) is 2. The average molecular weight is 548 g/mol. The SMILES string of the molecule is CCNC(=NCc1ccnc(N2CCN(CC)CC2)c1)NCCN(C)CCCOC.I. The molecule has 0 saturated carbocycles. The number of hydrogen-bond acceptors (Lipinski definition) is 6. The molecule has 1 saturated heterocycles. The number of nitrogens with one attached hydrogen (secondary N) is 2. The minimum Gasteiger partial charge on any atom is -0.385 e. The van der Waals surface area contributed by atoms with Crippen molar-refractivity contribution in [1.29, 1.82) is 0 Å². The lowest BCUT2D eigenvalue weighted by Gasteiger charge is -2.34. The van der Waals surface area contributed by atoms with Crippen LogP contribution in [-0.2, 0) is 11.3 Å². The third-order valence-electron chi connectivity index (χ3n) is 5.39. The summed E-state index contributed by atoms with van der Waals surface area (Å²) in [5.74, 6) is 1.92. The van der Waals surface area contributed by atoms with Gasteiger partial charge in [-0.25, -0.2) is 9.98 Å². The molecule has 0 bridgehead atoms. The Balaban J connectivity index is 0.00000480. The third kappa shape index (κ3) is 10.8. The Hall–Kier alpha value is -1.17. The van der Waals surface area contributed by atoms with Crippen LogP contribution in [0.3, 0.4) is 0 Å². The van der Waals surface area contributed by atoms with Gasteiger partial charge in [-0.05, 0) is 44.6 Å². The van der Waals surface area contributed by atoms with Crippen molar-refractivity contribution in [1.82, 2.24) is 25.4 Å². The van der Waals surface area contributed by atoms with Gasteiger partial charge in [-0.3, -0.25) is 0 Å². The van der Waals surface area contributed by atoms with Gasteiger partial charge in [-0.2, -0.15) is 0 Å². The van der Waals surface area contributed by atoms with E-state index in [-0.39, 0.29) is 24.0 Å². The van der Waals surface area contributed by atoms with Crippen LogP contribution in [0.2, 0.25) is 0 Å². The van der Waals surface area contributed by atoms with Crippen molar-refractivity contribution in [2.45, 2.75) is 26.8 Å². The minimum absolute atomic E-state index is 0. The van der Waals surface area contributed by atoms with Gasteiger partial charge >= 0.3 is 0 Å². The third-order valence-corrected chi connectivity index (χ3v) is 5.39. The Morgan fingerprint density at radius 2 is 1.97 bits per heavy atom. The van der Waals surface area contributed by atoms with Gasteiger partial charge in [0.1, 0.15) is 5.82 Å². The summed E-state index contributed by atoms with van der Waals surface area (Å²) >= 11 is 0. The molecule has 0 amide bonds. The lowest BCUT2D eigenvalue weighted by molar-refractivity contribution is 0.180. The van der Waals surface area contributed by atoms with E-state index in [1.807, 2.05) is 6.20 Å². The van der Waals surface area contributed by atoms with Crippen LogP contribution in [0.4, 0.5) is 5.82 Å². The van der Waals surface area contributed by atoms with E-state index in [4.69, 9.17) is 9.73 Å². The van der Waals surface area contributed by atoms with E-state index < -0.39 is 0 Å². The standard InChI is InChI=1S/C22H41N7O.HI/c1-5-23-22(25-10-12-27(3)11-7-17-30-4)26-19-20-8-9-24-21(18-20)29-15-13-28(6-2)14-16-29;/h8-9,18H,5-7,10-17,19H2,1-4H3,(H2,23,25,26);1H. The van der Waals surface area contributed by atoms with Gasteiger partial charge in [-0.15, -0.1) is 24.0 Å². The summed E-state index contributed by atoms with van der Waals surface area (Å²) < 4.78 is 5.12. The molecule has 0 aromatic carbocycles. The van der Waals surface area contributed by atoms with Crippen molar-refractivity contribution in [3.05, 3.63) is 23.9 Å². The second kappa shape index (κ2) is 16.5. The van der Waals surface area contributed by atoms with E-state index in [0.717, 1.165) is 83.7 Å². The van der Waals surface area contributed by atoms with Crippen LogP contribution >= 0.6 is 24.0 Å². The van der Waals surface area contributed by atoms with Crippen LogP contribution < -0.4 is 15.5 Å². The molecule has 1 aromatic heterocycles. The summed E-state index contributed by atoms with van der Waals surface area (Å²) in [6.07, 6.45) is 2.96. The summed E-state index contributed by atoms with van der Waals surface area (Å²) in [7, 11) is 3.89. The number of methoxy groups -OCH3 is 1. The van der Waals surface area contributed by atoms with E-state index in [0.29, 0.717) is 6.54 Å². The Bertz CT molecular complexity index is 624. The van der Waals surface area contributed by atoms with Crippen LogP contribution in [0, 0.1) is 0 Å². The van der Waals surface area contributed by atoms with Gasteiger partial charge in [0.05, 0.1) is 6.54 Å². The molecular formula is C22H42IN7O. The second-order valence-electron chi connectivity index (χ2n) is 7.72. The summed E-state index contributed by atoms with van der Waals surface area (Å²) in [5, 5.41) is 6.77. The first-order chi connectivity index (χ1) is 14.7. The van der Waals surface area contributed by atoms with E-state index in [1.165, 1.54) is 5.56 Å². The Morgan fingerprint density at radius 1 is 1.19 bits per heavy atom. The highest BCUT2D eigenvalue weighted by molar-refractivity contribution is 14.0. The minimum atomic E-state index is 0. The molecule has 1 aliphatic rings. The highest BCUT2D eigenvalue weighted by atomic mass is 127. The van der Waals surface area contributed by atoms with Gasteiger partial charge in [-0.1, -0.05) is 6.92 Å². The van der Waals surface area contributed by atoms with Gasteiger partial charge in [0, 0.05) is 72.3 Å². The molecule has 2 N–H and O–H groups in total. The first-order valence-corrected chi connectivity index (χ1v) is 11.3. The van der Waals surface area contributed by atoms with E-state index >= 15 is 0 Å². The summed E-state index contributed by atoms with van der Waals surface area (Å²) in [4.78, 5) is 16.5. The number of hydrogen-bond donors (Lipinski definition) is 2. The molecule has 9 heteroatoms. The maximum absolute atomic E-state index is 5.12. The molecule has 0 atom stereocenters. The molecule has 1 fully saturated rings. The van der Waals surface area contributed by atoms with Crippen molar-refractivity contribution in [2.75, 3.05) is 84.6 Å². The number of ether oxygens (including phenoxy) is 1. The average Bonchev–Trinajstić information content (AvgIpc) is 2.78. The zero-order chi connectivity index (χ0) is 21.6. The van der Waals surface area contributed by atoms with Crippen molar-refractivity contribution in [3.63, 3.8) is 0 Å². The molecule has 178 valence electrons. The quantitative estimate of drug-likeness (QED) is 0.179. The van der Waals surface area contributed by atoms with E-state index in [2.05, 4.69) is 63.3 Å². The Morgan fingerprint density at radius 3 is 2.65 bits per heavy atom. The molecule has 8 nitrogen and oxygen atoms in total. The van der Waals surface area contributed by atoms with Crippen LogP contribution in [-0.4, -0.2) is 100 Å². The maximum Gasteiger partial charge on any atom is 0.191 e. The largest absolute Gasteiger partial charge is 0.385 e. The van der Waals surface area contributed by atoms with Gasteiger partial charge in [0.2, 0.25) is 0 Å². The number of guanidine groups is 1. The topological polar surface area (TPSA) is 68.3 Å². The first kappa shape index (κ1) is 27.9. The number of rotatable bonds is 12. The highest BCUT2D eigenvalue weighted by Gasteiger charge is 2.16. The van der Waals surface area contributed by atoms with Crippen molar-refractivity contribution in [3.8, 4) is 0 Å². The molecule has 0 spiro atoms. The van der Waals surface area contributed by atoms with Crippen molar-refractivity contribution >= 4 is 35.8 Å². The number of aromatic nitrogens is 1. The number of piperazine rings is 1. The number of anilines is 1. The molecule has 31 heavy (non-hydrogen) atoms. The zero-order valence-electron chi connectivity index (χ0n) is 19.8. The maximum atomic E-state index is 5.12. The normalized spacial score (nSPS) is 15.1. The van der Waals surface area contributed by atoms with Gasteiger partial charge < -0.3 is 30.1 Å². The van der Waals surface area contributed by atoms with Crippen molar-refractivity contribution < 1.29 is 4.74 Å². The lowest BCUT2D eigenvalue weighted by atomic mass is 10.2. The number of pyridine rings is 1. The Kier molecular flexibility index (Phi) is 14.8. The number of aliphatic imine (C=N–C) groups is 1. The van der Waals surface area contributed by atoms with E-state index in [9.17, 15) is 0 Å². The van der Waals surface area contributed by atoms with Crippen LogP contribution in [0.25, 0.3) is 0 Å². The molecule has 1 aliphatic heterocycles. The molecule has 0 aliphatic carbocycles. The highest BCUT2D eigenvalue weighted by Crippen LogP contribution is 2.15. The number of halogens is 1. The molecule has 0 radical (unpaired) electrons.